The molecule has 7 nitrogen and oxygen atoms in total. The summed E-state index contributed by atoms with van der Waals surface area (Å²) in [7, 11) is -2.56. The Balaban J connectivity index is 1.75. The van der Waals surface area contributed by atoms with Gasteiger partial charge in [-0.15, -0.1) is 0 Å². The van der Waals surface area contributed by atoms with Crippen LogP contribution in [0.1, 0.15) is 33.6 Å². The van der Waals surface area contributed by atoms with Crippen LogP contribution in [-0.2, 0) is 14.8 Å². The van der Waals surface area contributed by atoms with Gasteiger partial charge in [0, 0.05) is 6.04 Å². The Bertz CT molecular complexity index is 1020. The highest BCUT2D eigenvalue weighted by Crippen LogP contribution is 2.28. The second-order valence-electron chi connectivity index (χ2n) is 6.24. The average molecular weight is 407 g/mol. The molecule has 2 aromatic rings. The third-order valence-corrected chi connectivity index (χ3v) is 5.64. The van der Waals surface area contributed by atoms with Crippen LogP contribution in [0.4, 0.5) is 4.39 Å². The predicted molar refractivity (Wildman–Crippen MR) is 97.4 cm³/mol. The first-order valence-corrected chi connectivity index (χ1v) is 9.95. The van der Waals surface area contributed by atoms with Crippen LogP contribution in [0.3, 0.4) is 0 Å². The maximum atomic E-state index is 13.6. The SMILES string of the molecule is COc1ccc(C(=O)OCC(=O)c2ccccc2F)cc1S(=O)(=O)NC1CC1. The van der Waals surface area contributed by atoms with Gasteiger partial charge < -0.3 is 9.47 Å². The van der Waals surface area contributed by atoms with Crippen molar-refractivity contribution in [1.29, 1.82) is 0 Å². The Morgan fingerprint density at radius 1 is 1.18 bits per heavy atom. The zero-order valence-corrected chi connectivity index (χ0v) is 15.8. The lowest BCUT2D eigenvalue weighted by molar-refractivity contribution is 0.0473. The monoisotopic (exact) mass is 407 g/mol. The van der Waals surface area contributed by atoms with Gasteiger partial charge >= 0.3 is 5.97 Å². The predicted octanol–water partition coefficient (Wildman–Crippen LogP) is 2.31. The Labute approximate surface area is 161 Å². The normalized spacial score (nSPS) is 13.8. The van der Waals surface area contributed by atoms with E-state index in [0.717, 1.165) is 25.0 Å². The van der Waals surface area contributed by atoms with Crippen LogP contribution in [0, 0.1) is 5.82 Å². The van der Waals surface area contributed by atoms with E-state index >= 15 is 0 Å². The molecule has 0 atom stereocenters. The maximum Gasteiger partial charge on any atom is 0.338 e. The van der Waals surface area contributed by atoms with Crippen molar-refractivity contribution in [2.24, 2.45) is 0 Å². The minimum atomic E-state index is -3.87. The number of carbonyl (C=O) groups is 2. The van der Waals surface area contributed by atoms with Crippen molar-refractivity contribution in [3.8, 4) is 5.75 Å². The molecule has 0 aliphatic heterocycles. The molecule has 0 unspecified atom stereocenters. The van der Waals surface area contributed by atoms with Crippen molar-refractivity contribution in [2.75, 3.05) is 13.7 Å². The van der Waals surface area contributed by atoms with E-state index in [4.69, 9.17) is 9.47 Å². The van der Waals surface area contributed by atoms with Gasteiger partial charge in [-0.2, -0.15) is 0 Å². The first-order chi connectivity index (χ1) is 13.3. The van der Waals surface area contributed by atoms with E-state index in [1.165, 1.54) is 37.4 Å². The first kappa shape index (κ1) is 20.0. The van der Waals surface area contributed by atoms with Crippen LogP contribution in [0.2, 0.25) is 0 Å². The number of benzene rings is 2. The molecule has 0 radical (unpaired) electrons. The van der Waals surface area contributed by atoms with Crippen molar-refractivity contribution < 1.29 is 31.9 Å². The molecule has 28 heavy (non-hydrogen) atoms. The summed E-state index contributed by atoms with van der Waals surface area (Å²) in [5.41, 5.74) is -0.264. The number of ether oxygens (including phenoxy) is 2. The molecule has 3 rings (SSSR count). The number of rotatable bonds is 8. The van der Waals surface area contributed by atoms with Crippen LogP contribution < -0.4 is 9.46 Å². The Morgan fingerprint density at radius 2 is 1.89 bits per heavy atom. The Hall–Kier alpha value is -2.78. The van der Waals surface area contributed by atoms with Crippen LogP contribution in [-0.4, -0.2) is 39.9 Å². The summed E-state index contributed by atoms with van der Waals surface area (Å²) in [4.78, 5) is 24.1. The van der Waals surface area contributed by atoms with E-state index in [-0.39, 0.29) is 27.8 Å². The molecular formula is C19H18FNO6S. The molecule has 0 aromatic heterocycles. The molecule has 0 amide bonds. The molecular weight excluding hydrogens is 389 g/mol. The zero-order chi connectivity index (χ0) is 20.3. The van der Waals surface area contributed by atoms with Gasteiger partial charge in [0.2, 0.25) is 15.8 Å². The van der Waals surface area contributed by atoms with Gasteiger partial charge in [-0.3, -0.25) is 4.79 Å². The van der Waals surface area contributed by atoms with Crippen molar-refractivity contribution >= 4 is 21.8 Å². The second kappa shape index (κ2) is 8.07. The topological polar surface area (TPSA) is 98.8 Å². The number of hydrogen-bond donors (Lipinski definition) is 1. The summed E-state index contributed by atoms with van der Waals surface area (Å²) >= 11 is 0. The van der Waals surface area contributed by atoms with Gasteiger partial charge in [-0.05, 0) is 43.2 Å². The molecule has 2 aromatic carbocycles. The van der Waals surface area contributed by atoms with Crippen LogP contribution in [0.5, 0.6) is 5.75 Å². The molecule has 0 bridgehead atoms. The fourth-order valence-electron chi connectivity index (χ4n) is 2.48. The van der Waals surface area contributed by atoms with E-state index in [9.17, 15) is 22.4 Å². The lowest BCUT2D eigenvalue weighted by atomic mass is 10.1. The van der Waals surface area contributed by atoms with E-state index < -0.39 is 34.2 Å². The van der Waals surface area contributed by atoms with Crippen LogP contribution in [0.25, 0.3) is 0 Å². The Kier molecular flexibility index (Phi) is 5.76. The molecule has 1 aliphatic rings. The summed E-state index contributed by atoms with van der Waals surface area (Å²) in [6.07, 6.45) is 1.50. The number of esters is 1. The van der Waals surface area contributed by atoms with Gasteiger partial charge in [0.1, 0.15) is 16.5 Å². The summed E-state index contributed by atoms with van der Waals surface area (Å²) in [6.45, 7) is -0.672. The lowest BCUT2D eigenvalue weighted by Gasteiger charge is -2.12. The summed E-state index contributed by atoms with van der Waals surface area (Å²) in [5, 5.41) is 0. The lowest BCUT2D eigenvalue weighted by Crippen LogP contribution is -2.26. The number of nitrogens with one attached hydrogen (secondary N) is 1. The number of Topliss-reactive ketones (excluding diaryl/α,β-unsaturated/α-hetero) is 1. The number of carbonyl (C=O) groups excluding carboxylic acids is 2. The minimum Gasteiger partial charge on any atom is -0.495 e. The van der Waals surface area contributed by atoms with E-state index in [1.807, 2.05) is 0 Å². The number of hydrogen-bond acceptors (Lipinski definition) is 6. The molecule has 148 valence electrons. The smallest absolute Gasteiger partial charge is 0.338 e. The first-order valence-electron chi connectivity index (χ1n) is 8.47. The molecule has 0 saturated heterocycles. The molecule has 9 heteroatoms. The number of sulfonamides is 1. The van der Waals surface area contributed by atoms with Crippen LogP contribution in [0.15, 0.2) is 47.4 Å². The summed E-state index contributed by atoms with van der Waals surface area (Å²) in [6, 6.07) is 9.00. The molecule has 1 aliphatic carbocycles. The van der Waals surface area contributed by atoms with Crippen molar-refractivity contribution in [3.05, 3.63) is 59.4 Å². The van der Waals surface area contributed by atoms with Crippen LogP contribution >= 0.6 is 0 Å². The summed E-state index contributed by atoms with van der Waals surface area (Å²) < 4.78 is 51.1. The Morgan fingerprint density at radius 3 is 2.54 bits per heavy atom. The van der Waals surface area contributed by atoms with E-state index in [0.29, 0.717) is 0 Å². The van der Waals surface area contributed by atoms with Gasteiger partial charge in [-0.25, -0.2) is 22.3 Å². The zero-order valence-electron chi connectivity index (χ0n) is 15.0. The van der Waals surface area contributed by atoms with Crippen molar-refractivity contribution in [1.82, 2.24) is 4.72 Å². The summed E-state index contributed by atoms with van der Waals surface area (Å²) in [5.74, 6) is -2.25. The highest BCUT2D eigenvalue weighted by molar-refractivity contribution is 7.89. The minimum absolute atomic E-state index is 0.0710. The maximum absolute atomic E-state index is 13.6. The molecule has 0 heterocycles. The highest BCUT2D eigenvalue weighted by atomic mass is 32.2. The van der Waals surface area contributed by atoms with Gasteiger partial charge in [0.05, 0.1) is 18.2 Å². The third kappa shape index (κ3) is 4.55. The molecule has 1 saturated carbocycles. The fourth-order valence-corrected chi connectivity index (χ4v) is 3.98. The average Bonchev–Trinajstić information content (AvgIpc) is 3.49. The van der Waals surface area contributed by atoms with E-state index in [2.05, 4.69) is 4.72 Å². The largest absolute Gasteiger partial charge is 0.495 e. The highest BCUT2D eigenvalue weighted by Gasteiger charge is 2.30. The number of ketones is 1. The molecule has 1 N–H and O–H groups in total. The number of halogens is 1. The van der Waals surface area contributed by atoms with Gasteiger partial charge in [0.25, 0.3) is 0 Å². The van der Waals surface area contributed by atoms with E-state index in [1.54, 1.807) is 0 Å². The van der Waals surface area contributed by atoms with Crippen molar-refractivity contribution in [2.45, 2.75) is 23.8 Å². The molecule has 1 fully saturated rings. The third-order valence-electron chi connectivity index (χ3n) is 4.10. The quantitative estimate of drug-likeness (QED) is 0.533. The van der Waals surface area contributed by atoms with Gasteiger partial charge in [-0.1, -0.05) is 12.1 Å². The standard InChI is InChI=1S/C19H18FNO6S/c1-26-17-9-6-12(10-18(17)28(24,25)21-13-7-8-13)19(23)27-11-16(22)14-4-2-3-5-15(14)20/h2-6,9-10,13,21H,7-8,11H2,1H3. The fraction of sp³-hybridized carbons (Fsp3) is 0.263. The van der Waals surface area contributed by atoms with Crippen molar-refractivity contribution in [3.63, 3.8) is 0 Å². The second-order valence-corrected chi connectivity index (χ2v) is 7.92. The number of methoxy groups -OCH3 is 1. The van der Waals surface area contributed by atoms with Gasteiger partial charge in [0.15, 0.2) is 6.61 Å². The molecule has 0 spiro atoms.